The highest BCUT2D eigenvalue weighted by Crippen LogP contribution is 2.29. The molecule has 156 valence electrons. The van der Waals surface area contributed by atoms with Crippen LogP contribution in [0.25, 0.3) is 16.4 Å². The molecule has 3 aromatic rings. The minimum Gasteiger partial charge on any atom is -0.378 e. The van der Waals surface area contributed by atoms with Crippen molar-refractivity contribution in [1.29, 1.82) is 0 Å². The van der Waals surface area contributed by atoms with E-state index in [0.29, 0.717) is 37.8 Å². The second kappa shape index (κ2) is 7.90. The van der Waals surface area contributed by atoms with E-state index in [1.54, 1.807) is 17.0 Å². The van der Waals surface area contributed by atoms with Gasteiger partial charge in [0.2, 0.25) is 5.82 Å². The molecule has 2 aliphatic rings. The Kier molecular flexibility index (Phi) is 5.10. The maximum absolute atomic E-state index is 13.8. The molecule has 0 radical (unpaired) electrons. The molecule has 1 unspecified atom stereocenters. The van der Waals surface area contributed by atoms with E-state index in [1.165, 1.54) is 28.2 Å². The molecule has 4 heterocycles. The zero-order valence-corrected chi connectivity index (χ0v) is 17.1. The molecule has 2 saturated heterocycles. The van der Waals surface area contributed by atoms with E-state index in [0.717, 1.165) is 24.3 Å². The Morgan fingerprint density at radius 1 is 1.23 bits per heavy atom. The fraction of sp³-hybridized carbons (Fsp3) is 0.381. The summed E-state index contributed by atoms with van der Waals surface area (Å²) in [5.74, 6) is -0.0176. The van der Waals surface area contributed by atoms with E-state index < -0.39 is 5.60 Å². The molecule has 9 heteroatoms. The summed E-state index contributed by atoms with van der Waals surface area (Å²) >= 11 is 1.49. The quantitative estimate of drug-likeness (QED) is 0.641. The predicted octanol–water partition coefficient (Wildman–Crippen LogP) is 3.16. The molecule has 1 atom stereocenters. The monoisotopic (exact) mass is 428 g/mol. The second-order valence-electron chi connectivity index (χ2n) is 7.54. The molecule has 0 saturated carbocycles. The molecule has 1 amide bonds. The minimum absolute atomic E-state index is 0.0939. The molecule has 0 aliphatic carbocycles. The molecule has 0 bridgehead atoms. The first-order valence-corrected chi connectivity index (χ1v) is 10.8. The molecule has 1 aromatic carbocycles. The average molecular weight is 428 g/mol. The van der Waals surface area contributed by atoms with Gasteiger partial charge < -0.3 is 14.4 Å². The molecule has 0 N–H and O–H groups in total. The second-order valence-corrected chi connectivity index (χ2v) is 8.49. The van der Waals surface area contributed by atoms with Crippen LogP contribution < -0.4 is 0 Å². The van der Waals surface area contributed by atoms with Gasteiger partial charge in [0.1, 0.15) is 11.4 Å². The maximum atomic E-state index is 13.8. The number of benzene rings is 1. The number of hydrogen-bond donors (Lipinski definition) is 0. The van der Waals surface area contributed by atoms with Gasteiger partial charge in [-0.05, 0) is 42.5 Å². The Bertz CT molecular complexity index is 1040. The van der Waals surface area contributed by atoms with Crippen LogP contribution in [0.1, 0.15) is 23.5 Å². The number of nitrogens with zero attached hydrogens (tertiary/aromatic N) is 4. The van der Waals surface area contributed by atoms with E-state index in [-0.39, 0.29) is 17.5 Å². The highest BCUT2D eigenvalue weighted by atomic mass is 32.1. The van der Waals surface area contributed by atoms with E-state index in [1.807, 2.05) is 17.5 Å². The first kappa shape index (κ1) is 19.3. The van der Waals surface area contributed by atoms with Crippen molar-refractivity contribution in [3.05, 3.63) is 53.4 Å². The molecule has 7 nitrogen and oxygen atoms in total. The number of hydrogen-bond acceptors (Lipinski definition) is 6. The third-order valence-corrected chi connectivity index (χ3v) is 6.28. The van der Waals surface area contributed by atoms with Crippen LogP contribution in [-0.4, -0.2) is 64.1 Å². The van der Waals surface area contributed by atoms with Crippen molar-refractivity contribution in [2.75, 3.05) is 32.9 Å². The summed E-state index contributed by atoms with van der Waals surface area (Å²) in [4.78, 5) is 20.4. The SMILES string of the molecule is O=C(c1nc(-c2cccs2)n(-c2cccc(F)c2)n1)N1CCOC2(CCCOC2)C1. The van der Waals surface area contributed by atoms with Crippen molar-refractivity contribution in [3.63, 3.8) is 0 Å². The Hall–Kier alpha value is -2.62. The van der Waals surface area contributed by atoms with Crippen LogP contribution in [0.15, 0.2) is 41.8 Å². The van der Waals surface area contributed by atoms with Crippen LogP contribution >= 0.6 is 11.3 Å². The molecular weight excluding hydrogens is 407 g/mol. The molecule has 2 fully saturated rings. The van der Waals surface area contributed by atoms with Crippen LogP contribution in [0.4, 0.5) is 4.39 Å². The predicted molar refractivity (Wildman–Crippen MR) is 109 cm³/mol. The van der Waals surface area contributed by atoms with E-state index in [2.05, 4.69) is 10.1 Å². The zero-order valence-electron chi connectivity index (χ0n) is 16.3. The van der Waals surface area contributed by atoms with Gasteiger partial charge in [-0.2, -0.15) is 0 Å². The van der Waals surface area contributed by atoms with Crippen molar-refractivity contribution in [2.45, 2.75) is 18.4 Å². The van der Waals surface area contributed by atoms with Gasteiger partial charge in [0, 0.05) is 13.2 Å². The lowest BCUT2D eigenvalue weighted by Crippen LogP contribution is -2.57. The van der Waals surface area contributed by atoms with Gasteiger partial charge in [0.15, 0.2) is 5.82 Å². The summed E-state index contributed by atoms with van der Waals surface area (Å²) in [6.07, 6.45) is 1.78. The van der Waals surface area contributed by atoms with Gasteiger partial charge in [-0.25, -0.2) is 14.1 Å². The lowest BCUT2D eigenvalue weighted by molar-refractivity contribution is -0.160. The largest absolute Gasteiger partial charge is 0.378 e. The van der Waals surface area contributed by atoms with Crippen molar-refractivity contribution >= 4 is 17.2 Å². The highest BCUT2D eigenvalue weighted by molar-refractivity contribution is 7.13. The first-order chi connectivity index (χ1) is 14.6. The Morgan fingerprint density at radius 2 is 2.17 bits per heavy atom. The highest BCUT2D eigenvalue weighted by Gasteiger charge is 2.41. The fourth-order valence-corrected chi connectivity index (χ4v) is 4.68. The third kappa shape index (κ3) is 3.64. The van der Waals surface area contributed by atoms with Crippen LogP contribution in [0.5, 0.6) is 0 Å². The van der Waals surface area contributed by atoms with Crippen molar-refractivity contribution in [2.24, 2.45) is 0 Å². The number of rotatable bonds is 3. The average Bonchev–Trinajstić information content (AvgIpc) is 3.44. The number of thiophene rings is 1. The molecule has 2 aliphatic heterocycles. The molecule has 1 spiro atoms. The Labute approximate surface area is 177 Å². The summed E-state index contributed by atoms with van der Waals surface area (Å²) in [6.45, 7) is 2.60. The number of amides is 1. The number of carbonyl (C=O) groups is 1. The molecular formula is C21H21FN4O3S. The van der Waals surface area contributed by atoms with Gasteiger partial charge in [-0.1, -0.05) is 12.1 Å². The smallest absolute Gasteiger partial charge is 0.293 e. The van der Waals surface area contributed by atoms with Gasteiger partial charge in [0.05, 0.1) is 30.3 Å². The number of aromatic nitrogens is 3. The summed E-state index contributed by atoms with van der Waals surface area (Å²) in [6, 6.07) is 9.91. The van der Waals surface area contributed by atoms with E-state index in [9.17, 15) is 9.18 Å². The Morgan fingerprint density at radius 3 is 2.93 bits per heavy atom. The lowest BCUT2D eigenvalue weighted by atomic mass is 9.94. The van der Waals surface area contributed by atoms with Crippen molar-refractivity contribution in [3.8, 4) is 16.4 Å². The maximum Gasteiger partial charge on any atom is 0.293 e. The standard InChI is InChI=1S/C21H21FN4O3S/c22-15-4-1-5-16(12-15)26-19(17-6-2-11-30-17)23-18(24-26)20(27)25-8-10-29-21(13-25)7-3-9-28-14-21/h1-2,4-6,11-12H,3,7-10,13-14H2. The van der Waals surface area contributed by atoms with Crippen LogP contribution in [0.3, 0.4) is 0 Å². The first-order valence-electron chi connectivity index (χ1n) is 9.91. The van der Waals surface area contributed by atoms with Crippen LogP contribution in [0, 0.1) is 5.82 Å². The van der Waals surface area contributed by atoms with Gasteiger partial charge in [-0.3, -0.25) is 4.79 Å². The topological polar surface area (TPSA) is 69.5 Å². The van der Waals surface area contributed by atoms with Gasteiger partial charge >= 0.3 is 0 Å². The Balaban J connectivity index is 1.48. The molecule has 2 aromatic heterocycles. The van der Waals surface area contributed by atoms with Crippen LogP contribution in [0.2, 0.25) is 0 Å². The number of morpholine rings is 1. The summed E-state index contributed by atoms with van der Waals surface area (Å²) in [7, 11) is 0. The van der Waals surface area contributed by atoms with Gasteiger partial charge in [0.25, 0.3) is 5.91 Å². The fourth-order valence-electron chi connectivity index (χ4n) is 3.98. The summed E-state index contributed by atoms with van der Waals surface area (Å²) < 4.78 is 26.9. The lowest BCUT2D eigenvalue weighted by Gasteiger charge is -2.44. The number of carbonyl (C=O) groups excluding carboxylic acids is 1. The number of ether oxygens (including phenoxy) is 2. The number of halogens is 1. The van der Waals surface area contributed by atoms with Crippen molar-refractivity contribution in [1.82, 2.24) is 19.7 Å². The van der Waals surface area contributed by atoms with Crippen LogP contribution in [-0.2, 0) is 9.47 Å². The van der Waals surface area contributed by atoms with Crippen molar-refractivity contribution < 1.29 is 18.7 Å². The molecule has 5 rings (SSSR count). The summed E-state index contributed by atoms with van der Waals surface area (Å²) in [5, 5.41) is 6.40. The zero-order chi connectivity index (χ0) is 20.6. The van der Waals surface area contributed by atoms with E-state index in [4.69, 9.17) is 9.47 Å². The van der Waals surface area contributed by atoms with E-state index >= 15 is 0 Å². The third-order valence-electron chi connectivity index (χ3n) is 5.41. The molecule has 30 heavy (non-hydrogen) atoms. The van der Waals surface area contributed by atoms with Gasteiger partial charge in [-0.15, -0.1) is 16.4 Å². The minimum atomic E-state index is -0.451. The summed E-state index contributed by atoms with van der Waals surface area (Å²) in [5.41, 5.74) is 0.0671. The normalized spacial score (nSPS) is 21.8.